The third-order valence-corrected chi connectivity index (χ3v) is 8.39. The second-order valence-electron chi connectivity index (χ2n) is 14.2. The maximum atomic E-state index is 14.3. The Kier molecular flexibility index (Phi) is 13.5. The van der Waals surface area contributed by atoms with Crippen molar-refractivity contribution >= 4 is 28.7 Å². The molecule has 0 spiro atoms. The summed E-state index contributed by atoms with van der Waals surface area (Å²) in [4.78, 5) is 25.6. The van der Waals surface area contributed by atoms with Gasteiger partial charge in [-0.15, -0.1) is 33.7 Å². The van der Waals surface area contributed by atoms with Gasteiger partial charge in [0.1, 0.15) is 17.1 Å². The molecule has 0 fully saturated rings. The van der Waals surface area contributed by atoms with Crippen molar-refractivity contribution in [2.45, 2.75) is 90.6 Å². The highest BCUT2D eigenvalue weighted by Gasteiger charge is 2.52. The highest BCUT2D eigenvalue weighted by molar-refractivity contribution is 7.99. The van der Waals surface area contributed by atoms with Gasteiger partial charge in [-0.3, -0.25) is 4.79 Å². The second kappa shape index (κ2) is 16.4. The number of ether oxygens (including phenoxy) is 5. The summed E-state index contributed by atoms with van der Waals surface area (Å²) < 4.78 is 150. The molecule has 0 N–H and O–H groups in total. The fraction of sp³-hybridized carbons (Fsp3) is 0.543. The van der Waals surface area contributed by atoms with Gasteiger partial charge in [0.2, 0.25) is 0 Å². The normalized spacial score (nSPS) is 14.0. The van der Waals surface area contributed by atoms with Crippen LogP contribution in [0.15, 0.2) is 56.6 Å². The summed E-state index contributed by atoms with van der Waals surface area (Å²) in [5, 5.41) is 0.220. The molecule has 0 amide bonds. The first kappa shape index (κ1) is 43.8. The van der Waals surface area contributed by atoms with E-state index in [0.29, 0.717) is 18.2 Å². The molecule has 18 heteroatoms. The molecular weight excluding hydrogens is 751 g/mol. The van der Waals surface area contributed by atoms with Gasteiger partial charge in [0, 0.05) is 34.1 Å². The smallest absolute Gasteiger partial charge is 0.497 e. The Morgan fingerprint density at radius 1 is 0.811 bits per heavy atom. The lowest BCUT2D eigenvalue weighted by atomic mass is 9.72. The first-order chi connectivity index (χ1) is 24.1. The van der Waals surface area contributed by atoms with E-state index in [9.17, 15) is 49.1 Å². The Balaban J connectivity index is 1.60. The first-order valence-electron chi connectivity index (χ1n) is 15.9. The topological polar surface area (TPSA) is 93.4 Å². The summed E-state index contributed by atoms with van der Waals surface area (Å²) in [5.41, 5.74) is -2.64. The zero-order chi connectivity index (χ0) is 40.2. The SMILES string of the molecule is COc1ccc(-c2cc3ccc(SCCC(F)(F)OC(F)(F)OC(F)(F)CCOC(=O)C(CC(C)(C)C)C(C)(C)C)cc3oc2=O)c(OC(F)(F)F)c1. The molecule has 1 heterocycles. The summed E-state index contributed by atoms with van der Waals surface area (Å²) >= 11 is 0.678. The highest BCUT2D eigenvalue weighted by Crippen LogP contribution is 2.40. The van der Waals surface area contributed by atoms with Gasteiger partial charge in [0.05, 0.1) is 31.6 Å². The number of fused-ring (bicyclic) bond motifs is 1. The summed E-state index contributed by atoms with van der Waals surface area (Å²) in [6.07, 6.45) is -22.5. The lowest BCUT2D eigenvalue weighted by Crippen LogP contribution is -2.41. The van der Waals surface area contributed by atoms with Crippen molar-refractivity contribution in [3.8, 4) is 22.6 Å². The van der Waals surface area contributed by atoms with Crippen LogP contribution < -0.4 is 15.1 Å². The molecular formula is C35H39F9O8S. The number of methoxy groups -OCH3 is 1. The fourth-order valence-corrected chi connectivity index (χ4v) is 5.85. The van der Waals surface area contributed by atoms with Gasteiger partial charge in [0.25, 0.3) is 0 Å². The molecule has 0 aliphatic heterocycles. The number of esters is 1. The molecule has 0 aliphatic carbocycles. The number of hydrogen-bond donors (Lipinski definition) is 0. The number of alkyl halides is 9. The van der Waals surface area contributed by atoms with Crippen molar-refractivity contribution in [1.82, 2.24) is 0 Å². The van der Waals surface area contributed by atoms with E-state index in [0.717, 1.165) is 12.1 Å². The van der Waals surface area contributed by atoms with Crippen molar-refractivity contribution in [3.05, 3.63) is 52.9 Å². The number of rotatable bonds is 16. The number of thioether (sulfide) groups is 1. The minimum absolute atomic E-state index is 0.0149. The van der Waals surface area contributed by atoms with E-state index in [2.05, 4.69) is 14.2 Å². The molecule has 296 valence electrons. The van der Waals surface area contributed by atoms with Crippen LogP contribution >= 0.6 is 11.8 Å². The minimum Gasteiger partial charge on any atom is -0.497 e. The van der Waals surface area contributed by atoms with Crippen LogP contribution in [-0.4, -0.2) is 50.3 Å². The van der Waals surface area contributed by atoms with Crippen LogP contribution in [0.4, 0.5) is 39.5 Å². The molecule has 3 aromatic rings. The largest absolute Gasteiger partial charge is 0.573 e. The molecule has 1 aromatic heterocycles. The third-order valence-electron chi connectivity index (χ3n) is 7.39. The van der Waals surface area contributed by atoms with Gasteiger partial charge in [-0.25, -0.2) is 14.3 Å². The average Bonchev–Trinajstić information content (AvgIpc) is 2.96. The van der Waals surface area contributed by atoms with Crippen molar-refractivity contribution < 1.29 is 72.4 Å². The Hall–Kier alpha value is -3.64. The molecule has 53 heavy (non-hydrogen) atoms. The van der Waals surface area contributed by atoms with Crippen LogP contribution in [0.5, 0.6) is 11.5 Å². The van der Waals surface area contributed by atoms with Crippen LogP contribution in [-0.2, 0) is 19.0 Å². The monoisotopic (exact) mass is 790 g/mol. The van der Waals surface area contributed by atoms with Crippen LogP contribution in [0, 0.1) is 16.7 Å². The predicted octanol–water partition coefficient (Wildman–Crippen LogP) is 10.7. The van der Waals surface area contributed by atoms with Gasteiger partial charge < -0.3 is 18.6 Å². The van der Waals surface area contributed by atoms with Gasteiger partial charge in [-0.1, -0.05) is 47.6 Å². The first-order valence-corrected chi connectivity index (χ1v) is 16.9. The minimum atomic E-state index is -5.44. The molecule has 1 atom stereocenters. The van der Waals surface area contributed by atoms with Gasteiger partial charge in [-0.05, 0) is 47.6 Å². The van der Waals surface area contributed by atoms with Gasteiger partial charge in [-0.2, -0.15) is 17.6 Å². The Labute approximate surface area is 303 Å². The third kappa shape index (κ3) is 13.9. The summed E-state index contributed by atoms with van der Waals surface area (Å²) in [6.45, 7) is 9.81. The van der Waals surface area contributed by atoms with E-state index in [-0.39, 0.29) is 38.2 Å². The van der Waals surface area contributed by atoms with E-state index in [4.69, 9.17) is 13.9 Å². The lowest BCUT2D eigenvalue weighted by Gasteiger charge is -2.34. The van der Waals surface area contributed by atoms with E-state index in [1.54, 1.807) is 20.8 Å². The number of hydrogen-bond acceptors (Lipinski definition) is 9. The maximum absolute atomic E-state index is 14.3. The van der Waals surface area contributed by atoms with E-state index < -0.39 is 78.8 Å². The van der Waals surface area contributed by atoms with Crippen LogP contribution in [0.3, 0.4) is 0 Å². The number of benzene rings is 2. The van der Waals surface area contributed by atoms with E-state index in [1.807, 2.05) is 20.8 Å². The van der Waals surface area contributed by atoms with Crippen LogP contribution in [0.25, 0.3) is 22.1 Å². The number of carbonyl (C=O) groups excluding carboxylic acids is 1. The zero-order valence-electron chi connectivity index (χ0n) is 29.7. The second-order valence-corrected chi connectivity index (χ2v) is 15.4. The molecule has 1 unspecified atom stereocenters. The summed E-state index contributed by atoms with van der Waals surface area (Å²) in [6, 6.07) is 8.58. The summed E-state index contributed by atoms with van der Waals surface area (Å²) in [7, 11) is 1.22. The van der Waals surface area contributed by atoms with Gasteiger partial charge >= 0.3 is 36.5 Å². The van der Waals surface area contributed by atoms with Crippen molar-refractivity contribution in [1.29, 1.82) is 0 Å². The molecule has 0 aliphatic rings. The van der Waals surface area contributed by atoms with E-state index in [1.165, 1.54) is 37.4 Å². The van der Waals surface area contributed by atoms with Crippen molar-refractivity contribution in [3.63, 3.8) is 0 Å². The van der Waals surface area contributed by atoms with Crippen molar-refractivity contribution in [2.24, 2.45) is 16.7 Å². The van der Waals surface area contributed by atoms with Crippen molar-refractivity contribution in [2.75, 3.05) is 19.5 Å². The molecule has 0 saturated heterocycles. The Bertz CT molecular complexity index is 1780. The molecule has 3 rings (SSSR count). The highest BCUT2D eigenvalue weighted by atomic mass is 32.2. The molecule has 8 nitrogen and oxygen atoms in total. The summed E-state index contributed by atoms with van der Waals surface area (Å²) in [5.74, 6) is -2.85. The van der Waals surface area contributed by atoms with Crippen LogP contribution in [0.1, 0.15) is 60.8 Å². The maximum Gasteiger partial charge on any atom is 0.573 e. The fourth-order valence-electron chi connectivity index (χ4n) is 4.92. The number of halogens is 9. The van der Waals surface area contributed by atoms with Gasteiger partial charge in [0.15, 0.2) is 0 Å². The van der Waals surface area contributed by atoms with E-state index >= 15 is 0 Å². The molecule has 0 saturated carbocycles. The quantitative estimate of drug-likeness (QED) is 0.0462. The predicted molar refractivity (Wildman–Crippen MR) is 176 cm³/mol. The standard InChI is InChI=1S/C35H39F9O8S/c1-30(2,3)19-25(31(4,5)6)29(46)48-14-12-32(36,37)51-35(43,44)52-33(38,39)13-15-53-22-10-8-20-16-24(28(45)49-26(20)18-22)23-11-9-21(47-7)17-27(23)50-34(40,41)42/h8-11,16-18,25H,12-15,19H2,1-7H3. The molecule has 0 radical (unpaired) electrons. The number of carbonyl (C=O) groups is 1. The Morgan fingerprint density at radius 2 is 1.43 bits per heavy atom. The molecule has 2 aromatic carbocycles. The lowest BCUT2D eigenvalue weighted by molar-refractivity contribution is -0.514. The average molecular weight is 791 g/mol. The Morgan fingerprint density at radius 3 is 2.00 bits per heavy atom. The van der Waals surface area contributed by atoms with Crippen LogP contribution in [0.2, 0.25) is 0 Å². The zero-order valence-corrected chi connectivity index (χ0v) is 30.5. The molecule has 0 bridgehead atoms.